The molecule has 0 aliphatic heterocycles. The van der Waals surface area contributed by atoms with Crippen LogP contribution in [0.4, 0.5) is 0 Å². The molecule has 1 atom stereocenters. The predicted molar refractivity (Wildman–Crippen MR) is 85.2 cm³/mol. The molecule has 116 valence electrons. The lowest BCUT2D eigenvalue weighted by Crippen LogP contribution is -2.31. The molecular weight excluding hydrogens is 300 g/mol. The Hall–Kier alpha value is -2.21. The predicted octanol–water partition coefficient (Wildman–Crippen LogP) is 2.49. The quantitative estimate of drug-likeness (QED) is 0.857. The maximum Gasteiger partial charge on any atom is 0.308 e. The summed E-state index contributed by atoms with van der Waals surface area (Å²) in [7, 11) is 0. The van der Waals surface area contributed by atoms with Crippen LogP contribution in [0.3, 0.4) is 0 Å². The smallest absolute Gasteiger partial charge is 0.308 e. The van der Waals surface area contributed by atoms with E-state index >= 15 is 0 Å². The maximum absolute atomic E-state index is 12.1. The van der Waals surface area contributed by atoms with Gasteiger partial charge in [-0.05, 0) is 12.5 Å². The van der Waals surface area contributed by atoms with Crippen LogP contribution in [0, 0.1) is 12.8 Å². The molecule has 0 radical (unpaired) electrons. The number of rotatable bonds is 6. The zero-order valence-corrected chi connectivity index (χ0v) is 13.3. The molecule has 2 rings (SSSR count). The van der Waals surface area contributed by atoms with Crippen LogP contribution in [0.1, 0.15) is 32.9 Å². The van der Waals surface area contributed by atoms with Gasteiger partial charge in [-0.1, -0.05) is 37.3 Å². The van der Waals surface area contributed by atoms with Gasteiger partial charge < -0.3 is 10.4 Å². The first-order valence-corrected chi connectivity index (χ1v) is 7.80. The molecule has 0 saturated heterocycles. The Morgan fingerprint density at radius 2 is 2.00 bits per heavy atom. The van der Waals surface area contributed by atoms with Gasteiger partial charge in [0.05, 0.1) is 16.6 Å². The number of nitrogens with one attached hydrogen (secondary N) is 1. The highest BCUT2D eigenvalue weighted by Gasteiger charge is 2.17. The van der Waals surface area contributed by atoms with Gasteiger partial charge in [0.2, 0.25) is 0 Å². The van der Waals surface area contributed by atoms with Crippen molar-refractivity contribution >= 4 is 23.2 Å². The van der Waals surface area contributed by atoms with E-state index in [0.29, 0.717) is 17.0 Å². The number of nitrogens with zero attached hydrogens (tertiary/aromatic N) is 1. The van der Waals surface area contributed by atoms with Gasteiger partial charge in [0, 0.05) is 13.0 Å². The van der Waals surface area contributed by atoms with E-state index in [0.717, 1.165) is 10.6 Å². The molecule has 1 unspecified atom stereocenters. The largest absolute Gasteiger partial charge is 0.481 e. The molecule has 1 aromatic heterocycles. The summed E-state index contributed by atoms with van der Waals surface area (Å²) in [5, 5.41) is 12.4. The number of amides is 1. The van der Waals surface area contributed by atoms with Gasteiger partial charge in [-0.3, -0.25) is 9.59 Å². The third-order valence-electron chi connectivity index (χ3n) is 3.24. The Morgan fingerprint density at radius 1 is 1.32 bits per heavy atom. The molecule has 0 aliphatic carbocycles. The fraction of sp³-hybridized carbons (Fsp3) is 0.312. The van der Waals surface area contributed by atoms with Crippen molar-refractivity contribution in [3.8, 4) is 0 Å². The van der Waals surface area contributed by atoms with Gasteiger partial charge in [-0.2, -0.15) is 0 Å². The third kappa shape index (κ3) is 4.14. The molecule has 1 aromatic carbocycles. The van der Waals surface area contributed by atoms with Crippen molar-refractivity contribution in [2.45, 2.75) is 20.3 Å². The first kappa shape index (κ1) is 16.2. The van der Waals surface area contributed by atoms with E-state index in [2.05, 4.69) is 10.3 Å². The number of benzene rings is 1. The lowest BCUT2D eigenvalue weighted by molar-refractivity contribution is -0.140. The zero-order valence-electron chi connectivity index (χ0n) is 12.5. The van der Waals surface area contributed by atoms with Crippen LogP contribution in [0.5, 0.6) is 0 Å². The first-order valence-electron chi connectivity index (χ1n) is 6.98. The highest BCUT2D eigenvalue weighted by atomic mass is 32.1. The summed E-state index contributed by atoms with van der Waals surface area (Å²) in [4.78, 5) is 27.9. The molecule has 6 heteroatoms. The lowest BCUT2D eigenvalue weighted by Gasteiger charge is -2.07. The zero-order chi connectivity index (χ0) is 16.1. The molecule has 0 bridgehead atoms. The van der Waals surface area contributed by atoms with Crippen molar-refractivity contribution < 1.29 is 14.7 Å². The lowest BCUT2D eigenvalue weighted by atomic mass is 10.2. The van der Waals surface area contributed by atoms with Crippen molar-refractivity contribution in [1.29, 1.82) is 0 Å². The Bertz CT molecular complexity index is 667. The van der Waals surface area contributed by atoms with Gasteiger partial charge in [-0.15, -0.1) is 11.3 Å². The van der Waals surface area contributed by atoms with E-state index in [1.54, 1.807) is 13.8 Å². The summed E-state index contributed by atoms with van der Waals surface area (Å²) in [6.45, 7) is 3.46. The maximum atomic E-state index is 12.1. The summed E-state index contributed by atoms with van der Waals surface area (Å²) in [6, 6.07) is 9.93. The summed E-state index contributed by atoms with van der Waals surface area (Å²) in [6.07, 6.45) is 0.686. The second-order valence-corrected chi connectivity index (χ2v) is 6.22. The Balaban J connectivity index is 2.03. The normalized spacial score (nSPS) is 11.9. The van der Waals surface area contributed by atoms with Crippen LogP contribution in [-0.4, -0.2) is 28.5 Å². The number of thiazole rings is 1. The number of aryl methyl sites for hydroxylation is 1. The average Bonchev–Trinajstić information content (AvgIpc) is 2.86. The van der Waals surface area contributed by atoms with Crippen LogP contribution in [-0.2, 0) is 11.2 Å². The average molecular weight is 318 g/mol. The number of hydrogen-bond acceptors (Lipinski definition) is 4. The molecule has 0 saturated carbocycles. The molecule has 22 heavy (non-hydrogen) atoms. The van der Waals surface area contributed by atoms with Crippen molar-refractivity contribution in [1.82, 2.24) is 10.3 Å². The number of carbonyl (C=O) groups excluding carboxylic acids is 1. The molecule has 1 amide bonds. The summed E-state index contributed by atoms with van der Waals surface area (Å²) < 4.78 is 0. The van der Waals surface area contributed by atoms with Gasteiger partial charge in [0.25, 0.3) is 5.91 Å². The molecule has 5 nitrogen and oxygen atoms in total. The summed E-state index contributed by atoms with van der Waals surface area (Å²) in [5.41, 5.74) is 1.82. The minimum atomic E-state index is -0.925. The van der Waals surface area contributed by atoms with Crippen LogP contribution >= 0.6 is 11.3 Å². The highest BCUT2D eigenvalue weighted by Crippen LogP contribution is 2.20. The number of carboxylic acid groups (broad SMARTS) is 1. The number of carboxylic acids is 1. The number of aliphatic carboxylic acids is 1. The van der Waals surface area contributed by atoms with Crippen molar-refractivity contribution in [2.75, 3.05) is 6.54 Å². The molecule has 0 aliphatic rings. The molecule has 1 heterocycles. The van der Waals surface area contributed by atoms with Crippen LogP contribution < -0.4 is 5.32 Å². The minimum absolute atomic E-state index is 0.111. The van der Waals surface area contributed by atoms with E-state index in [4.69, 9.17) is 5.11 Å². The highest BCUT2D eigenvalue weighted by molar-refractivity contribution is 7.13. The SMILES string of the molecule is Cc1nc(Cc2ccccc2)sc1C(=O)NCC(C)C(=O)O. The van der Waals surface area contributed by atoms with Gasteiger partial charge in [0.1, 0.15) is 4.88 Å². The topological polar surface area (TPSA) is 79.3 Å². The van der Waals surface area contributed by atoms with Gasteiger partial charge in [0.15, 0.2) is 0 Å². The second kappa shape index (κ2) is 7.17. The molecule has 2 aromatic rings. The first-order chi connectivity index (χ1) is 10.5. The van der Waals surface area contributed by atoms with Gasteiger partial charge in [-0.25, -0.2) is 4.98 Å². The van der Waals surface area contributed by atoms with Gasteiger partial charge >= 0.3 is 5.97 Å². The Labute approximate surface area is 133 Å². The van der Waals surface area contributed by atoms with E-state index in [9.17, 15) is 9.59 Å². The van der Waals surface area contributed by atoms with Crippen LogP contribution in [0.25, 0.3) is 0 Å². The van der Waals surface area contributed by atoms with Crippen molar-refractivity contribution in [3.05, 3.63) is 51.5 Å². The number of carbonyl (C=O) groups is 2. The Morgan fingerprint density at radius 3 is 2.64 bits per heavy atom. The molecule has 0 fully saturated rings. The second-order valence-electron chi connectivity index (χ2n) is 5.13. The van der Waals surface area contributed by atoms with Crippen LogP contribution in [0.15, 0.2) is 30.3 Å². The fourth-order valence-electron chi connectivity index (χ4n) is 1.92. The van der Waals surface area contributed by atoms with E-state index in [1.165, 1.54) is 11.3 Å². The molecule has 0 spiro atoms. The van der Waals surface area contributed by atoms with E-state index in [1.807, 2.05) is 30.3 Å². The summed E-state index contributed by atoms with van der Waals surface area (Å²) >= 11 is 1.35. The molecular formula is C16H18N2O3S. The third-order valence-corrected chi connectivity index (χ3v) is 4.39. The van der Waals surface area contributed by atoms with E-state index < -0.39 is 11.9 Å². The monoisotopic (exact) mass is 318 g/mol. The minimum Gasteiger partial charge on any atom is -0.481 e. The van der Waals surface area contributed by atoms with Crippen molar-refractivity contribution in [2.24, 2.45) is 5.92 Å². The van der Waals surface area contributed by atoms with Crippen LogP contribution in [0.2, 0.25) is 0 Å². The van der Waals surface area contributed by atoms with E-state index in [-0.39, 0.29) is 12.5 Å². The standard InChI is InChI=1S/C16H18N2O3S/c1-10(16(20)21)9-17-15(19)14-11(2)18-13(22-14)8-12-6-4-3-5-7-12/h3-7,10H,8-9H2,1-2H3,(H,17,19)(H,20,21). The number of hydrogen-bond donors (Lipinski definition) is 2. The molecule has 2 N–H and O–H groups in total. The number of aromatic nitrogens is 1. The van der Waals surface area contributed by atoms with Crippen molar-refractivity contribution in [3.63, 3.8) is 0 Å². The summed E-state index contributed by atoms with van der Waals surface area (Å²) in [5.74, 6) is -1.80. The fourth-order valence-corrected chi connectivity index (χ4v) is 2.94. The Kier molecular flexibility index (Phi) is 5.27.